The van der Waals surface area contributed by atoms with Gasteiger partial charge in [0.25, 0.3) is 5.82 Å². The van der Waals surface area contributed by atoms with Gasteiger partial charge in [-0.3, -0.25) is 0 Å². The number of hydrogen-bond acceptors (Lipinski definition) is 4. The average molecular weight is 316 g/mol. The van der Waals surface area contributed by atoms with E-state index in [1.807, 2.05) is 19.9 Å². The van der Waals surface area contributed by atoms with Gasteiger partial charge in [0.2, 0.25) is 5.95 Å². The Morgan fingerprint density at radius 2 is 1.81 bits per heavy atom. The molecule has 2 N–H and O–H groups in total. The standard InChI is InChI=1S/C13H15F3N4S/c1-3-7-5-8(4-2)10(21)6-9(7)20-12(17)18-11(19-20)13(14,15)16/h5-6,21H,3-4H2,1-2H3,(H2,17,18,19). The summed E-state index contributed by atoms with van der Waals surface area (Å²) in [6.07, 6.45) is -3.21. The van der Waals surface area contributed by atoms with E-state index >= 15 is 0 Å². The Morgan fingerprint density at radius 1 is 1.19 bits per heavy atom. The van der Waals surface area contributed by atoms with Crippen LogP contribution in [0.15, 0.2) is 17.0 Å². The van der Waals surface area contributed by atoms with Crippen LogP contribution in [-0.4, -0.2) is 14.8 Å². The van der Waals surface area contributed by atoms with Crippen molar-refractivity contribution in [3.63, 3.8) is 0 Å². The molecule has 0 unspecified atom stereocenters. The summed E-state index contributed by atoms with van der Waals surface area (Å²) < 4.78 is 39.0. The number of anilines is 1. The van der Waals surface area contributed by atoms with Crippen LogP contribution in [0.3, 0.4) is 0 Å². The molecule has 2 aromatic rings. The smallest absolute Gasteiger partial charge is 0.368 e. The summed E-state index contributed by atoms with van der Waals surface area (Å²) in [5.74, 6) is -1.55. The summed E-state index contributed by atoms with van der Waals surface area (Å²) >= 11 is 4.36. The van der Waals surface area contributed by atoms with Gasteiger partial charge in [-0.25, -0.2) is 0 Å². The van der Waals surface area contributed by atoms with Crippen molar-refractivity contribution in [2.45, 2.75) is 37.8 Å². The minimum atomic E-state index is -4.63. The summed E-state index contributed by atoms with van der Waals surface area (Å²) in [5, 5.41) is 3.48. The number of nitrogen functional groups attached to an aromatic ring is 1. The van der Waals surface area contributed by atoms with E-state index in [9.17, 15) is 13.2 Å². The van der Waals surface area contributed by atoms with Crippen LogP contribution in [0.4, 0.5) is 19.1 Å². The van der Waals surface area contributed by atoms with E-state index in [0.717, 1.165) is 22.2 Å². The first kappa shape index (κ1) is 15.7. The molecule has 0 aliphatic rings. The van der Waals surface area contributed by atoms with Gasteiger partial charge in [-0.05, 0) is 30.0 Å². The van der Waals surface area contributed by atoms with E-state index in [0.29, 0.717) is 17.0 Å². The first-order chi connectivity index (χ1) is 9.77. The van der Waals surface area contributed by atoms with Crippen molar-refractivity contribution in [2.24, 2.45) is 0 Å². The maximum absolute atomic E-state index is 12.7. The van der Waals surface area contributed by atoms with Crippen LogP contribution in [0.5, 0.6) is 0 Å². The SMILES string of the molecule is CCc1cc(CC)c(-n2nc(C(F)(F)F)nc2N)cc1S. The van der Waals surface area contributed by atoms with Crippen LogP contribution in [0.2, 0.25) is 0 Å². The minimum absolute atomic E-state index is 0.297. The van der Waals surface area contributed by atoms with Gasteiger partial charge in [0.1, 0.15) is 0 Å². The second kappa shape index (κ2) is 5.59. The minimum Gasteiger partial charge on any atom is -0.368 e. The van der Waals surface area contributed by atoms with Crippen molar-refractivity contribution < 1.29 is 13.2 Å². The molecular weight excluding hydrogens is 301 g/mol. The van der Waals surface area contributed by atoms with Gasteiger partial charge in [0, 0.05) is 4.90 Å². The van der Waals surface area contributed by atoms with E-state index in [4.69, 9.17) is 5.73 Å². The number of aryl methyl sites for hydroxylation is 2. The predicted molar refractivity (Wildman–Crippen MR) is 76.8 cm³/mol. The van der Waals surface area contributed by atoms with Crippen molar-refractivity contribution >= 4 is 18.6 Å². The van der Waals surface area contributed by atoms with E-state index in [-0.39, 0.29) is 5.95 Å². The fourth-order valence-corrected chi connectivity index (χ4v) is 2.40. The molecule has 21 heavy (non-hydrogen) atoms. The number of benzene rings is 1. The maximum Gasteiger partial charge on any atom is 0.453 e. The normalized spacial score (nSPS) is 11.9. The van der Waals surface area contributed by atoms with Gasteiger partial charge in [-0.2, -0.15) is 22.8 Å². The zero-order valence-corrected chi connectivity index (χ0v) is 12.5. The highest BCUT2D eigenvalue weighted by atomic mass is 32.1. The van der Waals surface area contributed by atoms with E-state index < -0.39 is 12.0 Å². The average Bonchev–Trinajstić information content (AvgIpc) is 2.80. The molecule has 0 saturated heterocycles. The number of hydrogen-bond donors (Lipinski definition) is 2. The molecule has 0 atom stereocenters. The number of rotatable bonds is 3. The van der Waals surface area contributed by atoms with Crippen LogP contribution in [0, 0.1) is 0 Å². The Morgan fingerprint density at radius 3 is 2.29 bits per heavy atom. The van der Waals surface area contributed by atoms with Gasteiger partial charge in [0.05, 0.1) is 5.69 Å². The molecule has 114 valence electrons. The highest BCUT2D eigenvalue weighted by molar-refractivity contribution is 7.80. The summed E-state index contributed by atoms with van der Waals surface area (Å²) in [7, 11) is 0. The molecule has 1 aromatic carbocycles. The Balaban J connectivity index is 2.61. The summed E-state index contributed by atoms with van der Waals surface area (Å²) in [4.78, 5) is 3.97. The summed E-state index contributed by atoms with van der Waals surface area (Å²) in [5.41, 5.74) is 7.92. The Bertz CT molecular complexity index is 664. The molecule has 0 saturated carbocycles. The molecule has 0 amide bonds. The molecule has 8 heteroatoms. The summed E-state index contributed by atoms with van der Waals surface area (Å²) in [6.45, 7) is 3.90. The van der Waals surface area contributed by atoms with Gasteiger partial charge in [0.15, 0.2) is 0 Å². The van der Waals surface area contributed by atoms with Crippen molar-refractivity contribution in [1.82, 2.24) is 14.8 Å². The maximum atomic E-state index is 12.7. The third-order valence-electron chi connectivity index (χ3n) is 3.16. The Labute approximate surface area is 125 Å². The number of halogens is 3. The number of thiol groups is 1. The molecule has 0 radical (unpaired) electrons. The Hall–Kier alpha value is -1.70. The van der Waals surface area contributed by atoms with Crippen LogP contribution < -0.4 is 5.73 Å². The highest BCUT2D eigenvalue weighted by Crippen LogP contribution is 2.30. The van der Waals surface area contributed by atoms with Gasteiger partial charge < -0.3 is 5.73 Å². The van der Waals surface area contributed by atoms with Gasteiger partial charge >= 0.3 is 6.18 Å². The largest absolute Gasteiger partial charge is 0.453 e. The molecule has 0 spiro atoms. The molecule has 4 nitrogen and oxygen atoms in total. The number of alkyl halides is 3. The van der Waals surface area contributed by atoms with E-state index in [2.05, 4.69) is 22.7 Å². The van der Waals surface area contributed by atoms with Crippen LogP contribution in [0.25, 0.3) is 5.69 Å². The summed E-state index contributed by atoms with van der Waals surface area (Å²) in [6, 6.07) is 3.58. The molecule has 0 aliphatic carbocycles. The van der Waals surface area contributed by atoms with Crippen LogP contribution >= 0.6 is 12.6 Å². The zero-order chi connectivity index (χ0) is 15.8. The monoisotopic (exact) mass is 316 g/mol. The fraction of sp³-hybridized carbons (Fsp3) is 0.385. The molecule has 1 heterocycles. The topological polar surface area (TPSA) is 56.7 Å². The molecular formula is C13H15F3N4S. The second-order valence-corrected chi connectivity index (χ2v) is 5.00. The zero-order valence-electron chi connectivity index (χ0n) is 11.6. The second-order valence-electron chi connectivity index (χ2n) is 4.52. The van der Waals surface area contributed by atoms with Crippen molar-refractivity contribution in [2.75, 3.05) is 5.73 Å². The van der Waals surface area contributed by atoms with E-state index in [1.165, 1.54) is 0 Å². The quantitative estimate of drug-likeness (QED) is 0.854. The van der Waals surface area contributed by atoms with Crippen LogP contribution in [-0.2, 0) is 19.0 Å². The van der Waals surface area contributed by atoms with Gasteiger partial charge in [-0.1, -0.05) is 19.9 Å². The third-order valence-corrected chi connectivity index (χ3v) is 3.57. The molecule has 0 bridgehead atoms. The molecule has 0 aliphatic heterocycles. The van der Waals surface area contributed by atoms with E-state index in [1.54, 1.807) is 6.07 Å². The first-order valence-electron chi connectivity index (χ1n) is 6.42. The predicted octanol–water partition coefficient (Wildman–Crippen LogP) is 3.28. The molecule has 1 aromatic heterocycles. The molecule has 2 rings (SSSR count). The lowest BCUT2D eigenvalue weighted by Crippen LogP contribution is -2.09. The number of nitrogens with two attached hydrogens (primary N) is 1. The lowest BCUT2D eigenvalue weighted by atomic mass is 10.0. The van der Waals surface area contributed by atoms with Crippen molar-refractivity contribution in [3.05, 3.63) is 29.1 Å². The third kappa shape index (κ3) is 2.99. The Kier molecular flexibility index (Phi) is 4.18. The van der Waals surface area contributed by atoms with Crippen molar-refractivity contribution in [1.29, 1.82) is 0 Å². The first-order valence-corrected chi connectivity index (χ1v) is 6.87. The van der Waals surface area contributed by atoms with Crippen LogP contribution in [0.1, 0.15) is 30.8 Å². The number of aromatic nitrogens is 3. The number of nitrogens with zero attached hydrogens (tertiary/aromatic N) is 3. The highest BCUT2D eigenvalue weighted by Gasteiger charge is 2.37. The lowest BCUT2D eigenvalue weighted by Gasteiger charge is -2.12. The van der Waals surface area contributed by atoms with Gasteiger partial charge in [-0.15, -0.1) is 17.7 Å². The lowest BCUT2D eigenvalue weighted by molar-refractivity contribution is -0.144. The van der Waals surface area contributed by atoms with Crippen molar-refractivity contribution in [3.8, 4) is 5.69 Å². The fourth-order valence-electron chi connectivity index (χ4n) is 2.06. The molecule has 0 fully saturated rings.